The number of carbonyl (C=O) groups excluding carboxylic acids is 2. The minimum Gasteiger partial charge on any atom is -0.465 e. The van der Waals surface area contributed by atoms with E-state index in [0.29, 0.717) is 28.1 Å². The molecule has 0 unspecified atom stereocenters. The van der Waals surface area contributed by atoms with Gasteiger partial charge < -0.3 is 19.9 Å². The molecule has 2 aliphatic heterocycles. The molecule has 0 aliphatic carbocycles. The normalized spacial score (nSPS) is 16.4. The third kappa shape index (κ3) is 4.46. The number of esters is 1. The molecule has 38 heavy (non-hydrogen) atoms. The molecular weight excluding hydrogens is 476 g/mol. The van der Waals surface area contributed by atoms with Crippen molar-refractivity contribution in [3.63, 3.8) is 0 Å². The Balaban J connectivity index is 1.48. The maximum atomic E-state index is 13.4. The molecule has 0 bridgehead atoms. The molecule has 6 rings (SSSR count). The van der Waals surface area contributed by atoms with Gasteiger partial charge in [-0.3, -0.25) is 9.69 Å². The topological polar surface area (TPSA) is 75.6 Å². The van der Waals surface area contributed by atoms with E-state index in [4.69, 9.17) is 4.74 Å². The first-order valence-corrected chi connectivity index (χ1v) is 12.9. The molecular formula is C31H30N4O3. The van der Waals surface area contributed by atoms with Crippen LogP contribution in [0.15, 0.2) is 72.9 Å². The molecule has 0 atom stereocenters. The van der Waals surface area contributed by atoms with Gasteiger partial charge in [-0.1, -0.05) is 18.2 Å². The number of anilines is 2. The Labute approximate surface area is 221 Å². The highest BCUT2D eigenvalue weighted by Crippen LogP contribution is 2.39. The summed E-state index contributed by atoms with van der Waals surface area (Å²) in [6, 6.07) is 21.8. The number of rotatable bonds is 6. The summed E-state index contributed by atoms with van der Waals surface area (Å²) in [4.78, 5) is 28.2. The summed E-state index contributed by atoms with van der Waals surface area (Å²) in [5.41, 5.74) is 7.03. The summed E-state index contributed by atoms with van der Waals surface area (Å²) in [6.07, 6.45) is 4.52. The van der Waals surface area contributed by atoms with Gasteiger partial charge in [0.15, 0.2) is 0 Å². The number of nitrogens with zero attached hydrogens (tertiary/aromatic N) is 2. The van der Waals surface area contributed by atoms with Crippen molar-refractivity contribution in [2.45, 2.75) is 19.4 Å². The maximum absolute atomic E-state index is 13.4. The van der Waals surface area contributed by atoms with E-state index in [1.165, 1.54) is 25.5 Å². The predicted octanol–water partition coefficient (Wildman–Crippen LogP) is 5.49. The molecule has 4 aromatic rings. The van der Waals surface area contributed by atoms with Crippen LogP contribution < -0.4 is 10.6 Å². The Bertz CT molecular complexity index is 1590. The van der Waals surface area contributed by atoms with E-state index in [2.05, 4.69) is 56.5 Å². The number of fused-ring (bicyclic) bond motifs is 2. The average molecular weight is 507 g/mol. The number of hydrogen-bond donors (Lipinski definition) is 2. The van der Waals surface area contributed by atoms with Crippen molar-refractivity contribution in [2.24, 2.45) is 7.05 Å². The lowest BCUT2D eigenvalue weighted by Crippen LogP contribution is -2.18. The second-order valence-corrected chi connectivity index (χ2v) is 9.96. The summed E-state index contributed by atoms with van der Waals surface area (Å²) >= 11 is 0. The van der Waals surface area contributed by atoms with Gasteiger partial charge in [-0.25, -0.2) is 4.79 Å². The molecule has 1 saturated heterocycles. The fourth-order valence-electron chi connectivity index (χ4n) is 5.47. The van der Waals surface area contributed by atoms with Crippen LogP contribution >= 0.6 is 0 Å². The molecule has 3 heterocycles. The Hall–Kier alpha value is -4.36. The summed E-state index contributed by atoms with van der Waals surface area (Å²) in [5.74, 6) is -0.660. The van der Waals surface area contributed by atoms with Gasteiger partial charge in [0.2, 0.25) is 0 Å². The third-order valence-electron chi connectivity index (χ3n) is 7.41. The summed E-state index contributed by atoms with van der Waals surface area (Å²) < 4.78 is 7.01. The Morgan fingerprint density at radius 1 is 1.00 bits per heavy atom. The minimum atomic E-state index is -0.443. The fourth-order valence-corrected chi connectivity index (χ4v) is 5.47. The van der Waals surface area contributed by atoms with E-state index in [1.54, 1.807) is 18.2 Å². The van der Waals surface area contributed by atoms with E-state index in [0.717, 1.165) is 41.8 Å². The average Bonchev–Trinajstić information content (AvgIpc) is 3.65. The number of hydrogen-bond acceptors (Lipinski definition) is 5. The number of nitrogens with one attached hydrogen (secondary N) is 2. The summed E-state index contributed by atoms with van der Waals surface area (Å²) in [5, 5.41) is 7.63. The van der Waals surface area contributed by atoms with Crippen LogP contribution in [-0.2, 0) is 23.1 Å². The number of aromatic nitrogens is 1. The van der Waals surface area contributed by atoms with Crippen molar-refractivity contribution in [3.05, 3.63) is 95.2 Å². The van der Waals surface area contributed by atoms with Gasteiger partial charge in [0.25, 0.3) is 5.91 Å². The first kappa shape index (κ1) is 24.0. The smallest absolute Gasteiger partial charge is 0.337 e. The van der Waals surface area contributed by atoms with E-state index >= 15 is 0 Å². The van der Waals surface area contributed by atoms with Crippen LogP contribution in [0, 0.1) is 0 Å². The molecule has 3 aromatic carbocycles. The van der Waals surface area contributed by atoms with E-state index in [-0.39, 0.29) is 5.91 Å². The molecule has 1 fully saturated rings. The van der Waals surface area contributed by atoms with Gasteiger partial charge >= 0.3 is 5.97 Å². The van der Waals surface area contributed by atoms with Crippen LogP contribution in [0.3, 0.4) is 0 Å². The van der Waals surface area contributed by atoms with Crippen LogP contribution in [-0.4, -0.2) is 41.5 Å². The van der Waals surface area contributed by atoms with Crippen molar-refractivity contribution < 1.29 is 14.3 Å². The number of methoxy groups -OCH3 is 1. The number of benzene rings is 3. The van der Waals surface area contributed by atoms with Crippen molar-refractivity contribution >= 4 is 45.4 Å². The third-order valence-corrected chi connectivity index (χ3v) is 7.41. The first-order valence-electron chi connectivity index (χ1n) is 12.9. The predicted molar refractivity (Wildman–Crippen MR) is 151 cm³/mol. The van der Waals surface area contributed by atoms with Crippen molar-refractivity contribution in [2.75, 3.05) is 30.8 Å². The Morgan fingerprint density at radius 2 is 1.82 bits per heavy atom. The van der Waals surface area contributed by atoms with Crippen molar-refractivity contribution in [1.29, 1.82) is 0 Å². The second-order valence-electron chi connectivity index (χ2n) is 9.96. The quantitative estimate of drug-likeness (QED) is 0.267. The summed E-state index contributed by atoms with van der Waals surface area (Å²) in [7, 11) is 3.37. The van der Waals surface area contributed by atoms with Crippen LogP contribution in [0.5, 0.6) is 0 Å². The van der Waals surface area contributed by atoms with E-state index in [1.807, 2.05) is 25.4 Å². The van der Waals surface area contributed by atoms with Gasteiger partial charge in [-0.15, -0.1) is 0 Å². The zero-order valence-electron chi connectivity index (χ0n) is 21.6. The van der Waals surface area contributed by atoms with Crippen LogP contribution in [0.4, 0.5) is 11.4 Å². The van der Waals surface area contributed by atoms with Gasteiger partial charge in [0, 0.05) is 47.6 Å². The zero-order chi connectivity index (χ0) is 26.2. The molecule has 192 valence electrons. The highest BCUT2D eigenvalue weighted by Gasteiger charge is 2.30. The SMILES string of the molecule is COC(=O)c1ccc2c(c1)/C(=C(/Nc1cccc(CN3CCCC3)c1)c1ccc3c(ccn3C)c1)C(=O)N2. The van der Waals surface area contributed by atoms with Gasteiger partial charge in [-0.05, 0) is 85.6 Å². The van der Waals surface area contributed by atoms with Crippen LogP contribution in [0.2, 0.25) is 0 Å². The Morgan fingerprint density at radius 3 is 2.63 bits per heavy atom. The van der Waals surface area contributed by atoms with Crippen molar-refractivity contribution in [1.82, 2.24) is 9.47 Å². The van der Waals surface area contributed by atoms with Gasteiger partial charge in [0.05, 0.1) is 23.9 Å². The number of ether oxygens (including phenoxy) is 1. The van der Waals surface area contributed by atoms with Gasteiger partial charge in [-0.2, -0.15) is 0 Å². The minimum absolute atomic E-state index is 0.217. The molecule has 7 nitrogen and oxygen atoms in total. The lowest BCUT2D eigenvalue weighted by molar-refractivity contribution is -0.110. The fraction of sp³-hybridized carbons (Fsp3) is 0.226. The lowest BCUT2D eigenvalue weighted by atomic mass is 9.97. The van der Waals surface area contributed by atoms with E-state index in [9.17, 15) is 9.59 Å². The summed E-state index contributed by atoms with van der Waals surface area (Å²) in [6.45, 7) is 3.16. The number of aryl methyl sites for hydroxylation is 1. The first-order chi connectivity index (χ1) is 18.5. The molecule has 1 aromatic heterocycles. The number of amides is 1. The molecule has 0 spiro atoms. The van der Waals surface area contributed by atoms with Crippen molar-refractivity contribution in [3.8, 4) is 0 Å². The largest absolute Gasteiger partial charge is 0.465 e. The standard InChI is InChI=1S/C31H30N4O3/c1-34-15-12-21-17-22(9-11-27(21)34)29(32-24-7-5-6-20(16-24)19-35-13-3-4-14-35)28-25-18-23(31(37)38-2)8-10-26(25)33-30(28)36/h5-12,15-18,32H,3-4,13-14,19H2,1-2H3,(H,33,36)/b29-28-. The maximum Gasteiger partial charge on any atom is 0.337 e. The van der Waals surface area contributed by atoms with E-state index < -0.39 is 5.97 Å². The molecule has 0 saturated carbocycles. The monoisotopic (exact) mass is 506 g/mol. The Kier molecular flexibility index (Phi) is 6.21. The number of likely N-dealkylation sites (tertiary alicyclic amines) is 1. The molecule has 7 heteroatoms. The van der Waals surface area contributed by atoms with Crippen LogP contribution in [0.25, 0.3) is 22.2 Å². The van der Waals surface area contributed by atoms with Crippen LogP contribution in [0.1, 0.15) is 39.9 Å². The second kappa shape index (κ2) is 9.84. The molecule has 0 radical (unpaired) electrons. The number of carbonyl (C=O) groups is 2. The zero-order valence-corrected chi connectivity index (χ0v) is 21.6. The molecule has 2 N–H and O–H groups in total. The molecule has 1 amide bonds. The lowest BCUT2D eigenvalue weighted by Gasteiger charge is -2.18. The highest BCUT2D eigenvalue weighted by atomic mass is 16.5. The highest BCUT2D eigenvalue weighted by molar-refractivity contribution is 6.37. The van der Waals surface area contributed by atoms with Gasteiger partial charge in [0.1, 0.15) is 0 Å². The molecule has 2 aliphatic rings.